The summed E-state index contributed by atoms with van der Waals surface area (Å²) in [5, 5.41) is 8.07. The average molecular weight is 247 g/mol. The zero-order chi connectivity index (χ0) is 11.8. The van der Waals surface area contributed by atoms with Gasteiger partial charge >= 0.3 is 6.18 Å². The quantitative estimate of drug-likeness (QED) is 0.596. The Morgan fingerprint density at radius 3 is 2.07 bits per heavy atom. The van der Waals surface area contributed by atoms with E-state index in [-0.39, 0.29) is 6.07 Å². The molecule has 1 unspecified atom stereocenters. The van der Waals surface area contributed by atoms with Crippen molar-refractivity contribution in [2.24, 2.45) is 0 Å². The molecule has 0 saturated carbocycles. The lowest BCUT2D eigenvalue weighted by Crippen LogP contribution is -2.20. The molecule has 0 amide bonds. The Morgan fingerprint density at radius 2 is 1.60 bits per heavy atom. The predicted octanol–water partition coefficient (Wildman–Crippen LogP) is 3.21. The standard InChI is InChI=1S/C8H4ClF5O/c9-4-2-6(11)5(10)1-3(4)7(15)8(12,13)14/h1-2,7,15H. The lowest BCUT2D eigenvalue weighted by atomic mass is 10.1. The Balaban J connectivity index is 3.21. The highest BCUT2D eigenvalue weighted by molar-refractivity contribution is 6.31. The number of aliphatic hydroxyl groups is 1. The van der Waals surface area contributed by atoms with Crippen LogP contribution in [0.1, 0.15) is 11.7 Å². The summed E-state index contributed by atoms with van der Waals surface area (Å²) in [4.78, 5) is 0. The molecule has 1 aromatic rings. The average Bonchev–Trinajstić information content (AvgIpc) is 2.08. The molecule has 0 radical (unpaired) electrons. The molecular formula is C8H4ClF5O. The summed E-state index contributed by atoms with van der Waals surface area (Å²) in [6, 6.07) is 0.594. The van der Waals surface area contributed by atoms with Gasteiger partial charge in [0, 0.05) is 10.6 Å². The maximum atomic E-state index is 12.6. The molecule has 0 bridgehead atoms. The lowest BCUT2D eigenvalue weighted by Gasteiger charge is -2.16. The summed E-state index contributed by atoms with van der Waals surface area (Å²) in [5.41, 5.74) is -0.914. The van der Waals surface area contributed by atoms with Crippen molar-refractivity contribution >= 4 is 11.6 Å². The van der Waals surface area contributed by atoms with E-state index in [4.69, 9.17) is 16.7 Å². The molecule has 1 aromatic carbocycles. The molecule has 1 atom stereocenters. The largest absolute Gasteiger partial charge is 0.418 e. The number of halogens is 6. The number of rotatable bonds is 1. The van der Waals surface area contributed by atoms with E-state index < -0.39 is 34.5 Å². The van der Waals surface area contributed by atoms with E-state index >= 15 is 0 Å². The summed E-state index contributed by atoms with van der Waals surface area (Å²) in [6.07, 6.45) is -7.91. The fourth-order valence-electron chi connectivity index (χ4n) is 0.924. The van der Waals surface area contributed by atoms with Gasteiger partial charge in [-0.05, 0) is 12.1 Å². The Morgan fingerprint density at radius 1 is 1.13 bits per heavy atom. The van der Waals surface area contributed by atoms with Gasteiger partial charge in [0.15, 0.2) is 17.7 Å². The zero-order valence-electron chi connectivity index (χ0n) is 6.95. The van der Waals surface area contributed by atoms with Gasteiger partial charge in [0.1, 0.15) is 0 Å². The Bertz CT molecular complexity index is 376. The van der Waals surface area contributed by atoms with Gasteiger partial charge in [0.25, 0.3) is 0 Å². The van der Waals surface area contributed by atoms with Crippen molar-refractivity contribution in [2.45, 2.75) is 12.3 Å². The third-order valence-corrected chi connectivity index (χ3v) is 1.97. The smallest absolute Gasteiger partial charge is 0.379 e. The third-order valence-electron chi connectivity index (χ3n) is 1.64. The van der Waals surface area contributed by atoms with E-state index in [9.17, 15) is 22.0 Å². The van der Waals surface area contributed by atoms with Gasteiger partial charge in [-0.1, -0.05) is 11.6 Å². The number of benzene rings is 1. The van der Waals surface area contributed by atoms with Gasteiger partial charge < -0.3 is 5.11 Å². The molecule has 0 saturated heterocycles. The van der Waals surface area contributed by atoms with Crippen molar-refractivity contribution in [3.63, 3.8) is 0 Å². The highest BCUT2D eigenvalue weighted by atomic mass is 35.5. The Kier molecular flexibility index (Phi) is 3.20. The van der Waals surface area contributed by atoms with Crippen LogP contribution in [0.4, 0.5) is 22.0 Å². The SMILES string of the molecule is OC(c1cc(F)c(F)cc1Cl)C(F)(F)F. The highest BCUT2D eigenvalue weighted by Crippen LogP contribution is 2.36. The van der Waals surface area contributed by atoms with Crippen LogP contribution in [0.2, 0.25) is 5.02 Å². The minimum absolute atomic E-state index is 0.218. The molecule has 1 nitrogen and oxygen atoms in total. The fourth-order valence-corrected chi connectivity index (χ4v) is 1.18. The summed E-state index contributed by atoms with van der Waals surface area (Å²) in [7, 11) is 0. The van der Waals surface area contributed by atoms with Crippen LogP contribution in [-0.4, -0.2) is 11.3 Å². The van der Waals surface area contributed by atoms with Gasteiger partial charge in [-0.3, -0.25) is 0 Å². The second-order valence-electron chi connectivity index (χ2n) is 2.73. The van der Waals surface area contributed by atoms with Crippen LogP contribution in [0.15, 0.2) is 12.1 Å². The summed E-state index contributed by atoms with van der Waals surface area (Å²) < 4.78 is 61.2. The molecule has 15 heavy (non-hydrogen) atoms. The van der Waals surface area contributed by atoms with Crippen LogP contribution in [0.25, 0.3) is 0 Å². The van der Waals surface area contributed by atoms with Crippen molar-refractivity contribution in [1.82, 2.24) is 0 Å². The first-order chi connectivity index (χ1) is 6.73. The Labute approximate surface area is 86.1 Å². The van der Waals surface area contributed by atoms with Gasteiger partial charge in [-0.25, -0.2) is 8.78 Å². The van der Waals surface area contributed by atoms with Gasteiger partial charge in [0.2, 0.25) is 0 Å². The maximum absolute atomic E-state index is 12.6. The topological polar surface area (TPSA) is 20.2 Å². The van der Waals surface area contributed by atoms with E-state index in [0.29, 0.717) is 6.07 Å². The van der Waals surface area contributed by atoms with Crippen molar-refractivity contribution in [2.75, 3.05) is 0 Å². The molecule has 1 N–H and O–H groups in total. The van der Waals surface area contributed by atoms with Crippen molar-refractivity contribution in [3.8, 4) is 0 Å². The zero-order valence-corrected chi connectivity index (χ0v) is 7.70. The minimum atomic E-state index is -4.98. The van der Waals surface area contributed by atoms with E-state index in [1.807, 2.05) is 0 Å². The molecule has 1 rings (SSSR count). The normalized spacial score (nSPS) is 14.1. The van der Waals surface area contributed by atoms with Gasteiger partial charge in [-0.15, -0.1) is 0 Å². The van der Waals surface area contributed by atoms with Crippen LogP contribution in [0.3, 0.4) is 0 Å². The molecule has 0 aliphatic heterocycles. The van der Waals surface area contributed by atoms with Gasteiger partial charge in [-0.2, -0.15) is 13.2 Å². The van der Waals surface area contributed by atoms with Crippen molar-refractivity contribution < 1.29 is 27.1 Å². The Hall–Kier alpha value is -0.880. The fraction of sp³-hybridized carbons (Fsp3) is 0.250. The monoisotopic (exact) mass is 246 g/mol. The first-order valence-corrected chi connectivity index (χ1v) is 4.00. The van der Waals surface area contributed by atoms with E-state index in [1.54, 1.807) is 0 Å². The van der Waals surface area contributed by atoms with E-state index in [2.05, 4.69) is 0 Å². The maximum Gasteiger partial charge on any atom is 0.418 e. The van der Waals surface area contributed by atoms with Crippen molar-refractivity contribution in [1.29, 1.82) is 0 Å². The first-order valence-electron chi connectivity index (χ1n) is 3.62. The van der Waals surface area contributed by atoms with Crippen molar-refractivity contribution in [3.05, 3.63) is 34.4 Å². The number of hydrogen-bond acceptors (Lipinski definition) is 1. The first kappa shape index (κ1) is 12.2. The third kappa shape index (κ3) is 2.57. The molecule has 0 aliphatic rings. The molecule has 0 spiro atoms. The molecule has 0 aromatic heterocycles. The lowest BCUT2D eigenvalue weighted by molar-refractivity contribution is -0.206. The van der Waals surface area contributed by atoms with Crippen LogP contribution in [0.5, 0.6) is 0 Å². The van der Waals surface area contributed by atoms with Crippen LogP contribution < -0.4 is 0 Å². The summed E-state index contributed by atoms with van der Waals surface area (Å²) >= 11 is 5.24. The summed E-state index contributed by atoms with van der Waals surface area (Å²) in [5.74, 6) is -2.88. The molecule has 84 valence electrons. The van der Waals surface area contributed by atoms with Crippen LogP contribution >= 0.6 is 11.6 Å². The van der Waals surface area contributed by atoms with Crippen LogP contribution in [0, 0.1) is 11.6 Å². The highest BCUT2D eigenvalue weighted by Gasteiger charge is 2.40. The van der Waals surface area contributed by atoms with Crippen LogP contribution in [-0.2, 0) is 0 Å². The van der Waals surface area contributed by atoms with E-state index in [0.717, 1.165) is 0 Å². The second kappa shape index (κ2) is 3.94. The molecule has 0 fully saturated rings. The molecular weight excluding hydrogens is 243 g/mol. The molecule has 0 aliphatic carbocycles. The predicted molar refractivity (Wildman–Crippen MR) is 42.4 cm³/mol. The minimum Gasteiger partial charge on any atom is -0.379 e. The summed E-state index contributed by atoms with van der Waals surface area (Å²) in [6.45, 7) is 0. The van der Waals surface area contributed by atoms with E-state index in [1.165, 1.54) is 0 Å². The molecule has 0 heterocycles. The van der Waals surface area contributed by atoms with Gasteiger partial charge in [0.05, 0.1) is 0 Å². The number of aliphatic hydroxyl groups excluding tert-OH is 1. The molecule has 7 heteroatoms. The second-order valence-corrected chi connectivity index (χ2v) is 3.14. The number of hydrogen-bond donors (Lipinski definition) is 1. The number of alkyl halides is 3.